The summed E-state index contributed by atoms with van der Waals surface area (Å²) in [7, 11) is 0. The zero-order chi connectivity index (χ0) is 15.6. The van der Waals surface area contributed by atoms with Crippen molar-refractivity contribution in [3.63, 3.8) is 0 Å². The number of benzene rings is 2. The predicted octanol–water partition coefficient (Wildman–Crippen LogP) is 4.99. The number of rotatable bonds is 5. The summed E-state index contributed by atoms with van der Waals surface area (Å²) in [5, 5.41) is 0. The second-order valence-electron chi connectivity index (χ2n) is 5.02. The molecule has 22 heavy (non-hydrogen) atoms. The first-order valence-corrected chi connectivity index (χ1v) is 7.80. The summed E-state index contributed by atoms with van der Waals surface area (Å²) >= 11 is 0. The number of ether oxygens (including phenoxy) is 1. The standard InChI is InChI=1S/C21H22O/c1-3-5-6-17-22-21-15-13-20(14-16-21)12-11-19-9-7-18(4-2)8-10-19/h5-10,13-16H,3-4,17H2,1-2H3. The van der Waals surface area contributed by atoms with Gasteiger partial charge in [0.15, 0.2) is 0 Å². The van der Waals surface area contributed by atoms with Crippen LogP contribution in [0, 0.1) is 11.8 Å². The fourth-order valence-electron chi connectivity index (χ4n) is 1.98. The van der Waals surface area contributed by atoms with Crippen molar-refractivity contribution < 1.29 is 4.74 Å². The summed E-state index contributed by atoms with van der Waals surface area (Å²) in [5.74, 6) is 7.25. The highest BCUT2D eigenvalue weighted by molar-refractivity contribution is 5.44. The van der Waals surface area contributed by atoms with Gasteiger partial charge in [0.25, 0.3) is 0 Å². The Labute approximate surface area is 133 Å². The lowest BCUT2D eigenvalue weighted by Gasteiger charge is -2.02. The Bertz CT molecular complexity index is 652. The molecule has 0 heterocycles. The van der Waals surface area contributed by atoms with E-state index in [0.29, 0.717) is 6.61 Å². The first-order chi connectivity index (χ1) is 10.8. The Morgan fingerprint density at radius 2 is 1.41 bits per heavy atom. The highest BCUT2D eigenvalue weighted by Crippen LogP contribution is 2.12. The van der Waals surface area contributed by atoms with E-state index in [9.17, 15) is 0 Å². The van der Waals surface area contributed by atoms with Crippen molar-refractivity contribution >= 4 is 0 Å². The van der Waals surface area contributed by atoms with Crippen LogP contribution in [0.2, 0.25) is 0 Å². The molecule has 0 unspecified atom stereocenters. The molecule has 0 aliphatic rings. The molecule has 0 fully saturated rings. The van der Waals surface area contributed by atoms with Crippen LogP contribution in [0.3, 0.4) is 0 Å². The second-order valence-corrected chi connectivity index (χ2v) is 5.02. The number of hydrogen-bond acceptors (Lipinski definition) is 1. The molecule has 0 aliphatic heterocycles. The highest BCUT2D eigenvalue weighted by atomic mass is 16.5. The highest BCUT2D eigenvalue weighted by Gasteiger charge is 1.93. The molecule has 2 aromatic rings. The van der Waals surface area contributed by atoms with Crippen molar-refractivity contribution in [3.05, 3.63) is 77.4 Å². The van der Waals surface area contributed by atoms with Crippen LogP contribution < -0.4 is 4.74 Å². The van der Waals surface area contributed by atoms with E-state index in [1.807, 2.05) is 30.3 Å². The Hall–Kier alpha value is -2.46. The quantitative estimate of drug-likeness (QED) is 0.556. The maximum atomic E-state index is 5.62. The van der Waals surface area contributed by atoms with E-state index < -0.39 is 0 Å². The van der Waals surface area contributed by atoms with Gasteiger partial charge in [-0.2, -0.15) is 0 Å². The van der Waals surface area contributed by atoms with Crippen LogP contribution in [0.15, 0.2) is 60.7 Å². The van der Waals surface area contributed by atoms with Crippen LogP contribution in [0.25, 0.3) is 0 Å². The van der Waals surface area contributed by atoms with E-state index in [1.165, 1.54) is 5.56 Å². The molecule has 0 spiro atoms. The summed E-state index contributed by atoms with van der Waals surface area (Å²) in [4.78, 5) is 0. The van der Waals surface area contributed by atoms with E-state index >= 15 is 0 Å². The first-order valence-electron chi connectivity index (χ1n) is 7.80. The van der Waals surface area contributed by atoms with E-state index in [2.05, 4.69) is 56.0 Å². The zero-order valence-electron chi connectivity index (χ0n) is 13.3. The topological polar surface area (TPSA) is 9.23 Å². The number of allylic oxidation sites excluding steroid dienone is 1. The lowest BCUT2D eigenvalue weighted by molar-refractivity contribution is 0.362. The van der Waals surface area contributed by atoms with Gasteiger partial charge in [0.1, 0.15) is 12.4 Å². The van der Waals surface area contributed by atoms with Crippen molar-refractivity contribution in [3.8, 4) is 17.6 Å². The van der Waals surface area contributed by atoms with Crippen LogP contribution in [0.1, 0.15) is 37.0 Å². The summed E-state index contributed by atoms with van der Waals surface area (Å²) in [5.41, 5.74) is 3.38. The smallest absolute Gasteiger partial charge is 0.119 e. The van der Waals surface area contributed by atoms with Crippen molar-refractivity contribution in [2.24, 2.45) is 0 Å². The maximum Gasteiger partial charge on any atom is 0.119 e. The predicted molar refractivity (Wildman–Crippen MR) is 93.2 cm³/mol. The van der Waals surface area contributed by atoms with Crippen molar-refractivity contribution in [2.75, 3.05) is 6.61 Å². The Kier molecular flexibility index (Phi) is 6.33. The average Bonchev–Trinajstić information content (AvgIpc) is 2.58. The molecule has 1 nitrogen and oxygen atoms in total. The summed E-state index contributed by atoms with van der Waals surface area (Å²) in [6, 6.07) is 16.3. The fourth-order valence-corrected chi connectivity index (χ4v) is 1.98. The third-order valence-electron chi connectivity index (χ3n) is 3.32. The van der Waals surface area contributed by atoms with Gasteiger partial charge in [0.05, 0.1) is 0 Å². The number of hydrogen-bond donors (Lipinski definition) is 0. The van der Waals surface area contributed by atoms with E-state index in [1.54, 1.807) is 0 Å². The van der Waals surface area contributed by atoms with E-state index in [4.69, 9.17) is 4.74 Å². The van der Waals surface area contributed by atoms with Crippen molar-refractivity contribution in [1.29, 1.82) is 0 Å². The summed E-state index contributed by atoms with van der Waals surface area (Å²) in [6.45, 7) is 4.88. The summed E-state index contributed by atoms with van der Waals surface area (Å²) in [6.07, 6.45) is 6.23. The van der Waals surface area contributed by atoms with Crippen LogP contribution in [0.4, 0.5) is 0 Å². The molecule has 0 aliphatic carbocycles. The van der Waals surface area contributed by atoms with Gasteiger partial charge >= 0.3 is 0 Å². The van der Waals surface area contributed by atoms with Crippen LogP contribution in [-0.2, 0) is 6.42 Å². The fraction of sp³-hybridized carbons (Fsp3) is 0.238. The Morgan fingerprint density at radius 3 is 1.95 bits per heavy atom. The minimum atomic E-state index is 0.614. The molecule has 0 N–H and O–H groups in total. The molecule has 0 radical (unpaired) electrons. The largest absolute Gasteiger partial charge is 0.490 e. The monoisotopic (exact) mass is 290 g/mol. The van der Waals surface area contributed by atoms with Gasteiger partial charge in [0.2, 0.25) is 0 Å². The van der Waals surface area contributed by atoms with Gasteiger partial charge in [-0.05, 0) is 54.8 Å². The van der Waals surface area contributed by atoms with Gasteiger partial charge < -0.3 is 4.74 Å². The van der Waals surface area contributed by atoms with E-state index in [-0.39, 0.29) is 0 Å². The van der Waals surface area contributed by atoms with Gasteiger partial charge in [-0.3, -0.25) is 0 Å². The van der Waals surface area contributed by atoms with Crippen molar-refractivity contribution in [2.45, 2.75) is 26.7 Å². The summed E-state index contributed by atoms with van der Waals surface area (Å²) < 4.78 is 5.62. The minimum Gasteiger partial charge on any atom is -0.490 e. The molecule has 2 aromatic carbocycles. The maximum absolute atomic E-state index is 5.62. The third kappa shape index (κ3) is 5.14. The second kappa shape index (κ2) is 8.74. The normalized spacial score (nSPS) is 10.3. The van der Waals surface area contributed by atoms with Gasteiger partial charge in [0, 0.05) is 11.1 Å². The SMILES string of the molecule is CCC=CCOc1ccc(C#Cc2ccc(CC)cc2)cc1. The molecule has 0 atom stereocenters. The van der Waals surface area contributed by atoms with Gasteiger partial charge in [-0.25, -0.2) is 0 Å². The zero-order valence-corrected chi connectivity index (χ0v) is 13.3. The lowest BCUT2D eigenvalue weighted by atomic mass is 10.1. The molecule has 2 rings (SSSR count). The molecule has 0 saturated carbocycles. The minimum absolute atomic E-state index is 0.614. The van der Waals surface area contributed by atoms with Gasteiger partial charge in [-0.15, -0.1) is 0 Å². The van der Waals surface area contributed by atoms with Crippen LogP contribution in [-0.4, -0.2) is 6.61 Å². The molecule has 0 aromatic heterocycles. The average molecular weight is 290 g/mol. The molecule has 0 bridgehead atoms. The Balaban J connectivity index is 1.96. The van der Waals surface area contributed by atoms with E-state index in [0.717, 1.165) is 29.7 Å². The van der Waals surface area contributed by atoms with Crippen LogP contribution >= 0.6 is 0 Å². The molecule has 0 saturated heterocycles. The molecule has 1 heteroatoms. The molecule has 112 valence electrons. The lowest BCUT2D eigenvalue weighted by Crippen LogP contribution is -1.92. The molecular formula is C21H22O. The first kappa shape index (κ1) is 15.9. The van der Waals surface area contributed by atoms with Crippen molar-refractivity contribution in [1.82, 2.24) is 0 Å². The van der Waals surface area contributed by atoms with Gasteiger partial charge in [-0.1, -0.05) is 50.0 Å². The Morgan fingerprint density at radius 1 is 0.818 bits per heavy atom. The number of aryl methyl sites for hydroxylation is 1. The van der Waals surface area contributed by atoms with Crippen LogP contribution in [0.5, 0.6) is 5.75 Å². The third-order valence-corrected chi connectivity index (χ3v) is 3.32. The molecule has 0 amide bonds. The molecular weight excluding hydrogens is 268 g/mol.